The summed E-state index contributed by atoms with van der Waals surface area (Å²) in [5.74, 6) is -1.87. The normalized spacial score (nSPS) is 22.3. The number of amides is 1. The van der Waals surface area contributed by atoms with Gasteiger partial charge in [-0.3, -0.25) is 19.7 Å². The molecule has 7 nitrogen and oxygen atoms in total. The fraction of sp³-hybridized carbons (Fsp3) is 0.588. The molecule has 1 fully saturated rings. The first-order valence-electron chi connectivity index (χ1n) is 8.42. The number of nitrogens with zero attached hydrogens (tertiary/aromatic N) is 1. The Kier molecular flexibility index (Phi) is 7.48. The Hall–Kier alpha value is -1.58. The summed E-state index contributed by atoms with van der Waals surface area (Å²) < 4.78 is 0. The molecule has 1 saturated heterocycles. The van der Waals surface area contributed by atoms with E-state index in [1.54, 1.807) is 23.1 Å². The van der Waals surface area contributed by atoms with Crippen LogP contribution in [0.15, 0.2) is 17.5 Å². The van der Waals surface area contributed by atoms with Crippen molar-refractivity contribution in [1.29, 1.82) is 0 Å². The third-order valence-corrected chi connectivity index (χ3v) is 6.52. The molecule has 0 bridgehead atoms. The van der Waals surface area contributed by atoms with Crippen LogP contribution >= 0.6 is 23.1 Å². The fourth-order valence-electron chi connectivity index (χ4n) is 2.87. The topological polar surface area (TPSA) is 107 Å². The summed E-state index contributed by atoms with van der Waals surface area (Å²) in [6.45, 7) is 3.76. The number of nitrogens with one attached hydrogen (secondary N) is 1. The second-order valence-electron chi connectivity index (χ2n) is 6.69. The zero-order chi connectivity index (χ0) is 19.3. The maximum Gasteiger partial charge on any atom is 0.323 e. The van der Waals surface area contributed by atoms with E-state index in [1.807, 2.05) is 31.4 Å². The minimum atomic E-state index is -1.08. The molecule has 3 N–H and O–H groups in total. The minimum absolute atomic E-state index is 0.0153. The van der Waals surface area contributed by atoms with Gasteiger partial charge in [-0.25, -0.2) is 0 Å². The van der Waals surface area contributed by atoms with Crippen molar-refractivity contribution in [3.63, 3.8) is 0 Å². The number of thioether (sulfide) groups is 1. The van der Waals surface area contributed by atoms with Crippen LogP contribution in [-0.2, 0) is 14.4 Å². The van der Waals surface area contributed by atoms with Crippen LogP contribution in [0.25, 0.3) is 0 Å². The second-order valence-corrected chi connectivity index (χ2v) is 8.90. The van der Waals surface area contributed by atoms with E-state index in [-0.39, 0.29) is 23.6 Å². The van der Waals surface area contributed by atoms with E-state index in [0.29, 0.717) is 18.7 Å². The molecule has 0 radical (unpaired) electrons. The monoisotopic (exact) mass is 400 g/mol. The molecule has 0 aliphatic carbocycles. The van der Waals surface area contributed by atoms with Gasteiger partial charge in [-0.15, -0.1) is 23.1 Å². The van der Waals surface area contributed by atoms with Crippen LogP contribution in [0.1, 0.15) is 30.4 Å². The molecule has 1 aliphatic heterocycles. The van der Waals surface area contributed by atoms with Crippen LogP contribution in [0.3, 0.4) is 0 Å². The SMILES string of the molecule is CC(C)CC(NC1CSC(c2cccs2)CN(CC(=O)O)C1=O)C(=O)O. The molecule has 0 aromatic carbocycles. The molecule has 26 heavy (non-hydrogen) atoms. The summed E-state index contributed by atoms with van der Waals surface area (Å²) in [6.07, 6.45) is 0.400. The van der Waals surface area contributed by atoms with E-state index >= 15 is 0 Å². The predicted octanol–water partition coefficient (Wildman–Crippen LogP) is 1.91. The summed E-state index contributed by atoms with van der Waals surface area (Å²) >= 11 is 3.13. The lowest BCUT2D eigenvalue weighted by Crippen LogP contribution is -2.53. The van der Waals surface area contributed by atoms with Crippen molar-refractivity contribution in [3.8, 4) is 0 Å². The van der Waals surface area contributed by atoms with Crippen molar-refractivity contribution >= 4 is 40.9 Å². The van der Waals surface area contributed by atoms with E-state index in [0.717, 1.165) is 4.88 Å². The van der Waals surface area contributed by atoms with E-state index in [4.69, 9.17) is 5.11 Å². The highest BCUT2D eigenvalue weighted by Crippen LogP contribution is 2.35. The molecule has 0 spiro atoms. The van der Waals surface area contributed by atoms with Crippen molar-refractivity contribution in [1.82, 2.24) is 10.2 Å². The van der Waals surface area contributed by atoms with Crippen LogP contribution < -0.4 is 5.32 Å². The minimum Gasteiger partial charge on any atom is -0.480 e. The zero-order valence-corrected chi connectivity index (χ0v) is 16.4. The maximum atomic E-state index is 12.8. The highest BCUT2D eigenvalue weighted by atomic mass is 32.2. The molecule has 0 saturated carbocycles. The van der Waals surface area contributed by atoms with Crippen molar-refractivity contribution < 1.29 is 24.6 Å². The van der Waals surface area contributed by atoms with Gasteiger partial charge in [0.05, 0.1) is 11.3 Å². The fourth-order valence-corrected chi connectivity index (χ4v) is 5.13. The first-order chi connectivity index (χ1) is 12.3. The van der Waals surface area contributed by atoms with Crippen molar-refractivity contribution in [2.24, 2.45) is 5.92 Å². The average molecular weight is 401 g/mol. The standard InChI is InChI=1S/C17H24N2O5S2/c1-10(2)6-11(17(23)24)18-12-9-26-14(13-4-3-5-25-13)7-19(16(12)22)8-15(20)21/h3-5,10-12,14,18H,6-9H2,1-2H3,(H,20,21)(H,23,24). The molecule has 9 heteroatoms. The van der Waals surface area contributed by atoms with E-state index in [2.05, 4.69) is 5.32 Å². The van der Waals surface area contributed by atoms with E-state index in [9.17, 15) is 19.5 Å². The first kappa shape index (κ1) is 20.7. The van der Waals surface area contributed by atoms with Gasteiger partial charge in [-0.1, -0.05) is 19.9 Å². The molecule has 3 unspecified atom stereocenters. The molecule has 2 heterocycles. The summed E-state index contributed by atoms with van der Waals surface area (Å²) in [6, 6.07) is 2.34. The first-order valence-corrected chi connectivity index (χ1v) is 10.3. The molecular weight excluding hydrogens is 376 g/mol. The number of thiophene rings is 1. The van der Waals surface area contributed by atoms with Crippen LogP contribution in [0.2, 0.25) is 0 Å². The highest BCUT2D eigenvalue weighted by molar-refractivity contribution is 7.99. The number of hydrogen-bond donors (Lipinski definition) is 3. The Bertz CT molecular complexity index is 635. The van der Waals surface area contributed by atoms with Gasteiger partial charge in [-0.05, 0) is 23.8 Å². The average Bonchev–Trinajstić information content (AvgIpc) is 3.03. The number of rotatable bonds is 8. The molecule has 1 aromatic rings. The highest BCUT2D eigenvalue weighted by Gasteiger charge is 2.35. The predicted molar refractivity (Wildman–Crippen MR) is 102 cm³/mol. The molecule has 2 rings (SSSR count). The number of carboxylic acids is 2. The lowest BCUT2D eigenvalue weighted by atomic mass is 10.0. The van der Waals surface area contributed by atoms with Gasteiger partial charge in [0.1, 0.15) is 12.6 Å². The lowest BCUT2D eigenvalue weighted by molar-refractivity contribution is -0.146. The van der Waals surface area contributed by atoms with Crippen LogP contribution in [0.4, 0.5) is 0 Å². The lowest BCUT2D eigenvalue weighted by Gasteiger charge is -2.26. The van der Waals surface area contributed by atoms with Crippen molar-refractivity contribution in [2.75, 3.05) is 18.8 Å². The van der Waals surface area contributed by atoms with Gasteiger partial charge in [0.15, 0.2) is 0 Å². The van der Waals surface area contributed by atoms with Crippen molar-refractivity contribution in [2.45, 2.75) is 37.6 Å². The third kappa shape index (κ3) is 5.72. The Labute approximate surface area is 160 Å². The number of carbonyl (C=O) groups excluding carboxylic acids is 1. The van der Waals surface area contributed by atoms with Crippen molar-refractivity contribution in [3.05, 3.63) is 22.4 Å². The Morgan fingerprint density at radius 1 is 1.38 bits per heavy atom. The molecule has 1 aromatic heterocycles. The van der Waals surface area contributed by atoms with Gasteiger partial charge in [0.25, 0.3) is 0 Å². The van der Waals surface area contributed by atoms with Gasteiger partial charge in [0, 0.05) is 17.2 Å². The summed E-state index contributed by atoms with van der Waals surface area (Å²) in [4.78, 5) is 37.9. The molecule has 3 atom stereocenters. The summed E-state index contributed by atoms with van der Waals surface area (Å²) in [5, 5.41) is 23.5. The Balaban J connectivity index is 2.18. The summed E-state index contributed by atoms with van der Waals surface area (Å²) in [7, 11) is 0. The molecule has 1 aliphatic rings. The maximum absolute atomic E-state index is 12.8. The molecular formula is C17H24N2O5S2. The largest absolute Gasteiger partial charge is 0.480 e. The molecule has 1 amide bonds. The number of carbonyl (C=O) groups is 3. The number of hydrogen-bond acceptors (Lipinski definition) is 6. The number of carboxylic acid groups (broad SMARTS) is 2. The van der Waals surface area contributed by atoms with Crippen LogP contribution in [-0.4, -0.2) is 63.9 Å². The van der Waals surface area contributed by atoms with E-state index in [1.165, 1.54) is 4.90 Å². The number of aliphatic carboxylic acids is 2. The Morgan fingerprint density at radius 3 is 2.65 bits per heavy atom. The summed E-state index contributed by atoms with van der Waals surface area (Å²) in [5.41, 5.74) is 0. The van der Waals surface area contributed by atoms with Crippen LogP contribution in [0, 0.1) is 5.92 Å². The Morgan fingerprint density at radius 2 is 2.12 bits per heavy atom. The molecule has 144 valence electrons. The quantitative estimate of drug-likeness (QED) is 0.612. The second kappa shape index (κ2) is 9.38. The third-order valence-electron chi connectivity index (χ3n) is 4.05. The van der Waals surface area contributed by atoms with Gasteiger partial charge in [0.2, 0.25) is 5.91 Å². The van der Waals surface area contributed by atoms with Gasteiger partial charge >= 0.3 is 11.9 Å². The zero-order valence-electron chi connectivity index (χ0n) is 14.8. The van der Waals surface area contributed by atoms with Crippen LogP contribution in [0.5, 0.6) is 0 Å². The smallest absolute Gasteiger partial charge is 0.323 e. The van der Waals surface area contributed by atoms with E-state index < -0.39 is 24.0 Å². The van der Waals surface area contributed by atoms with Gasteiger partial charge in [-0.2, -0.15) is 0 Å². The van der Waals surface area contributed by atoms with Gasteiger partial charge < -0.3 is 15.1 Å².